The van der Waals surface area contributed by atoms with Crippen molar-refractivity contribution in [2.24, 2.45) is 0 Å². The first kappa shape index (κ1) is 15.0. The average molecular weight is 240 g/mol. The standard InChI is InChI=1S/C12H16O5/c1-3-5-7-9(6-4-2)17-8-10(11(13)14)12(15)16/h3-4,8-9H,1-2,5-7H2,(H,13,14)(H,15,16). The van der Waals surface area contributed by atoms with Crippen LogP contribution in [0.4, 0.5) is 0 Å². The highest BCUT2D eigenvalue weighted by Gasteiger charge is 2.17. The third kappa shape index (κ3) is 6.19. The van der Waals surface area contributed by atoms with Gasteiger partial charge in [0, 0.05) is 6.42 Å². The quantitative estimate of drug-likeness (QED) is 0.211. The molecule has 0 radical (unpaired) electrons. The van der Waals surface area contributed by atoms with Gasteiger partial charge in [0.15, 0.2) is 5.57 Å². The summed E-state index contributed by atoms with van der Waals surface area (Å²) in [5, 5.41) is 17.2. The molecule has 0 heterocycles. The second-order valence-electron chi connectivity index (χ2n) is 3.29. The zero-order chi connectivity index (χ0) is 13.3. The summed E-state index contributed by atoms with van der Waals surface area (Å²) in [5.41, 5.74) is -0.794. The zero-order valence-electron chi connectivity index (χ0n) is 9.46. The van der Waals surface area contributed by atoms with Crippen LogP contribution in [0.15, 0.2) is 37.1 Å². The minimum absolute atomic E-state index is 0.292. The molecule has 0 aromatic heterocycles. The maximum absolute atomic E-state index is 10.6. The molecule has 0 aliphatic heterocycles. The molecule has 0 saturated carbocycles. The van der Waals surface area contributed by atoms with Gasteiger partial charge in [-0.25, -0.2) is 9.59 Å². The fourth-order valence-corrected chi connectivity index (χ4v) is 1.09. The maximum Gasteiger partial charge on any atom is 0.346 e. The fraction of sp³-hybridized carbons (Fsp3) is 0.333. The van der Waals surface area contributed by atoms with Crippen LogP contribution >= 0.6 is 0 Å². The second-order valence-corrected chi connectivity index (χ2v) is 3.29. The molecule has 94 valence electrons. The monoisotopic (exact) mass is 240 g/mol. The largest absolute Gasteiger partial charge is 0.497 e. The first-order valence-electron chi connectivity index (χ1n) is 5.07. The Kier molecular flexibility index (Phi) is 7.17. The van der Waals surface area contributed by atoms with Gasteiger partial charge in [-0.05, 0) is 12.8 Å². The van der Waals surface area contributed by atoms with Gasteiger partial charge >= 0.3 is 11.9 Å². The molecule has 5 heteroatoms. The molecule has 0 rings (SSSR count). The summed E-state index contributed by atoms with van der Waals surface area (Å²) in [7, 11) is 0. The molecule has 0 aromatic rings. The lowest BCUT2D eigenvalue weighted by Crippen LogP contribution is -2.14. The summed E-state index contributed by atoms with van der Waals surface area (Å²) in [6.45, 7) is 7.11. The van der Waals surface area contributed by atoms with Crippen molar-refractivity contribution in [1.29, 1.82) is 0 Å². The van der Waals surface area contributed by atoms with Gasteiger partial charge in [0.25, 0.3) is 0 Å². The molecule has 17 heavy (non-hydrogen) atoms. The Labute approximate surface area is 99.7 Å². The summed E-state index contributed by atoms with van der Waals surface area (Å²) in [6.07, 6.45) is 5.64. The predicted molar refractivity (Wildman–Crippen MR) is 62.5 cm³/mol. The molecular formula is C12H16O5. The van der Waals surface area contributed by atoms with Crippen molar-refractivity contribution in [1.82, 2.24) is 0 Å². The summed E-state index contributed by atoms with van der Waals surface area (Å²) >= 11 is 0. The Morgan fingerprint density at radius 3 is 2.18 bits per heavy atom. The van der Waals surface area contributed by atoms with E-state index in [1.165, 1.54) is 0 Å². The van der Waals surface area contributed by atoms with Crippen LogP contribution in [0.5, 0.6) is 0 Å². The summed E-state index contributed by atoms with van der Waals surface area (Å²) in [6, 6.07) is 0. The van der Waals surface area contributed by atoms with Gasteiger partial charge in [0.1, 0.15) is 12.4 Å². The van der Waals surface area contributed by atoms with Crippen LogP contribution in [0, 0.1) is 0 Å². The van der Waals surface area contributed by atoms with E-state index in [9.17, 15) is 9.59 Å². The minimum Gasteiger partial charge on any atom is -0.497 e. The van der Waals surface area contributed by atoms with Gasteiger partial charge in [0.05, 0.1) is 0 Å². The van der Waals surface area contributed by atoms with Gasteiger partial charge in [-0.3, -0.25) is 0 Å². The summed E-state index contributed by atoms with van der Waals surface area (Å²) in [5.74, 6) is -3.06. The molecule has 0 aliphatic rings. The van der Waals surface area contributed by atoms with Crippen LogP contribution in [-0.4, -0.2) is 28.3 Å². The van der Waals surface area contributed by atoms with E-state index < -0.39 is 17.5 Å². The Balaban J connectivity index is 4.56. The number of allylic oxidation sites excluding steroid dienone is 1. The molecule has 0 saturated heterocycles. The lowest BCUT2D eigenvalue weighted by Gasteiger charge is -2.13. The van der Waals surface area contributed by atoms with E-state index in [0.29, 0.717) is 19.3 Å². The molecule has 1 atom stereocenters. The number of aliphatic carboxylic acids is 2. The number of hydrogen-bond acceptors (Lipinski definition) is 3. The fourth-order valence-electron chi connectivity index (χ4n) is 1.09. The lowest BCUT2D eigenvalue weighted by molar-refractivity contribution is -0.140. The van der Waals surface area contributed by atoms with Gasteiger partial charge in [-0.2, -0.15) is 0 Å². The molecule has 0 spiro atoms. The van der Waals surface area contributed by atoms with E-state index >= 15 is 0 Å². The van der Waals surface area contributed by atoms with Gasteiger partial charge in [0.2, 0.25) is 0 Å². The minimum atomic E-state index is -1.53. The molecule has 0 bridgehead atoms. The van der Waals surface area contributed by atoms with Crippen molar-refractivity contribution in [3.63, 3.8) is 0 Å². The van der Waals surface area contributed by atoms with Crippen LogP contribution in [-0.2, 0) is 14.3 Å². The highest BCUT2D eigenvalue weighted by Crippen LogP contribution is 2.10. The molecular weight excluding hydrogens is 224 g/mol. The number of carboxylic acids is 2. The van der Waals surface area contributed by atoms with Crippen LogP contribution in [0.2, 0.25) is 0 Å². The Bertz CT molecular complexity index is 314. The summed E-state index contributed by atoms with van der Waals surface area (Å²) in [4.78, 5) is 21.1. The lowest BCUT2D eigenvalue weighted by atomic mass is 10.1. The zero-order valence-corrected chi connectivity index (χ0v) is 9.46. The van der Waals surface area contributed by atoms with Crippen molar-refractivity contribution < 1.29 is 24.5 Å². The highest BCUT2D eigenvalue weighted by atomic mass is 16.5. The molecule has 1 unspecified atom stereocenters. The molecule has 0 aromatic carbocycles. The normalized spacial score (nSPS) is 11.1. The molecule has 2 N–H and O–H groups in total. The van der Waals surface area contributed by atoms with E-state index in [4.69, 9.17) is 14.9 Å². The highest BCUT2D eigenvalue weighted by molar-refractivity contribution is 6.12. The van der Waals surface area contributed by atoms with Crippen molar-refractivity contribution in [3.05, 3.63) is 37.1 Å². The first-order valence-corrected chi connectivity index (χ1v) is 5.07. The van der Waals surface area contributed by atoms with Crippen molar-refractivity contribution >= 4 is 11.9 Å². The first-order chi connectivity index (χ1) is 8.02. The smallest absolute Gasteiger partial charge is 0.346 e. The number of carbonyl (C=O) groups is 2. The number of ether oxygens (including phenoxy) is 1. The third-order valence-electron chi connectivity index (χ3n) is 1.96. The average Bonchev–Trinajstić information content (AvgIpc) is 2.24. The van der Waals surface area contributed by atoms with E-state index in [0.717, 1.165) is 6.26 Å². The summed E-state index contributed by atoms with van der Waals surface area (Å²) < 4.78 is 5.13. The van der Waals surface area contributed by atoms with E-state index in [2.05, 4.69) is 13.2 Å². The predicted octanol–water partition coefficient (Wildman–Crippen LogP) is 1.97. The van der Waals surface area contributed by atoms with Crippen molar-refractivity contribution in [3.8, 4) is 0 Å². The Hall–Kier alpha value is -2.04. The van der Waals surface area contributed by atoms with Crippen LogP contribution in [0.1, 0.15) is 19.3 Å². The molecule has 0 fully saturated rings. The van der Waals surface area contributed by atoms with E-state index in [1.54, 1.807) is 12.2 Å². The van der Waals surface area contributed by atoms with E-state index in [-0.39, 0.29) is 6.10 Å². The van der Waals surface area contributed by atoms with Gasteiger partial charge < -0.3 is 14.9 Å². The third-order valence-corrected chi connectivity index (χ3v) is 1.96. The molecule has 5 nitrogen and oxygen atoms in total. The molecule has 0 aliphatic carbocycles. The Morgan fingerprint density at radius 2 is 1.76 bits per heavy atom. The maximum atomic E-state index is 10.6. The van der Waals surface area contributed by atoms with Gasteiger partial charge in [-0.1, -0.05) is 12.2 Å². The van der Waals surface area contributed by atoms with Crippen molar-refractivity contribution in [2.75, 3.05) is 0 Å². The second kappa shape index (κ2) is 8.15. The van der Waals surface area contributed by atoms with Crippen LogP contribution < -0.4 is 0 Å². The Morgan fingerprint density at radius 1 is 1.18 bits per heavy atom. The van der Waals surface area contributed by atoms with Crippen molar-refractivity contribution in [2.45, 2.75) is 25.4 Å². The number of hydrogen-bond donors (Lipinski definition) is 2. The van der Waals surface area contributed by atoms with Crippen LogP contribution in [0.3, 0.4) is 0 Å². The topological polar surface area (TPSA) is 83.8 Å². The SMILES string of the molecule is C=CCCC(CC=C)OC=C(C(=O)O)C(=O)O. The number of rotatable bonds is 9. The molecule has 0 amide bonds. The number of carboxylic acid groups (broad SMARTS) is 2. The van der Waals surface area contributed by atoms with Gasteiger partial charge in [-0.15, -0.1) is 13.2 Å². The van der Waals surface area contributed by atoms with Crippen LogP contribution in [0.25, 0.3) is 0 Å². The van der Waals surface area contributed by atoms with E-state index in [1.807, 2.05) is 0 Å².